The summed E-state index contributed by atoms with van der Waals surface area (Å²) in [6.45, 7) is 5.69. The molecule has 0 unspecified atom stereocenters. The van der Waals surface area contributed by atoms with E-state index in [-0.39, 0.29) is 0 Å². The molecule has 1 N–H and O–H groups in total. The van der Waals surface area contributed by atoms with Crippen LogP contribution < -0.4 is 5.32 Å². The van der Waals surface area contributed by atoms with Gasteiger partial charge in [0.15, 0.2) is 0 Å². The van der Waals surface area contributed by atoms with Crippen molar-refractivity contribution in [3.8, 4) is 0 Å². The van der Waals surface area contributed by atoms with E-state index in [4.69, 9.17) is 11.6 Å². The summed E-state index contributed by atoms with van der Waals surface area (Å²) < 4.78 is 0. The molecule has 0 amide bonds. The molecule has 1 fully saturated rings. The molecule has 0 bridgehead atoms. The molecule has 1 saturated carbocycles. The van der Waals surface area contributed by atoms with Gasteiger partial charge in [0.25, 0.3) is 0 Å². The maximum absolute atomic E-state index is 5.97. The van der Waals surface area contributed by atoms with Gasteiger partial charge in [0.05, 0.1) is 0 Å². The van der Waals surface area contributed by atoms with Crippen molar-refractivity contribution in [2.24, 2.45) is 5.92 Å². The molecule has 1 aliphatic rings. The highest BCUT2D eigenvalue weighted by Crippen LogP contribution is 2.33. The minimum absolute atomic E-state index is 0.310. The van der Waals surface area contributed by atoms with Crippen molar-refractivity contribution in [2.75, 3.05) is 12.4 Å². The summed E-state index contributed by atoms with van der Waals surface area (Å²) in [5.41, 5.74) is 0.310. The van der Waals surface area contributed by atoms with Crippen LogP contribution in [0.1, 0.15) is 46.0 Å². The lowest BCUT2D eigenvalue weighted by atomic mass is 9.78. The molecule has 78 valence electrons. The summed E-state index contributed by atoms with van der Waals surface area (Å²) in [5.74, 6) is 1.62. The molecule has 0 saturated heterocycles. The van der Waals surface area contributed by atoms with E-state index in [1.807, 2.05) is 0 Å². The molecule has 0 aliphatic heterocycles. The molecular formula is C11H22ClN. The predicted octanol–water partition coefficient (Wildman–Crippen LogP) is 3.17. The lowest BCUT2D eigenvalue weighted by Crippen LogP contribution is -2.53. The SMILES string of the molecule is CCC(CC)CNC1(CCl)CCC1. The molecule has 13 heavy (non-hydrogen) atoms. The Morgan fingerprint density at radius 2 is 1.92 bits per heavy atom. The Balaban J connectivity index is 2.23. The van der Waals surface area contributed by atoms with E-state index in [0.717, 1.165) is 18.3 Å². The minimum atomic E-state index is 0.310. The van der Waals surface area contributed by atoms with Crippen LogP contribution >= 0.6 is 11.6 Å². The number of hydrogen-bond donors (Lipinski definition) is 1. The van der Waals surface area contributed by atoms with Crippen LogP contribution in [0.3, 0.4) is 0 Å². The van der Waals surface area contributed by atoms with Gasteiger partial charge in [0.1, 0.15) is 0 Å². The van der Waals surface area contributed by atoms with Crippen molar-refractivity contribution in [2.45, 2.75) is 51.5 Å². The van der Waals surface area contributed by atoms with Crippen molar-refractivity contribution in [3.05, 3.63) is 0 Å². The molecule has 0 heterocycles. The highest BCUT2D eigenvalue weighted by molar-refractivity contribution is 6.18. The van der Waals surface area contributed by atoms with E-state index in [1.54, 1.807) is 0 Å². The summed E-state index contributed by atoms with van der Waals surface area (Å²) in [7, 11) is 0. The third-order valence-electron chi connectivity index (χ3n) is 3.49. The van der Waals surface area contributed by atoms with Gasteiger partial charge >= 0.3 is 0 Å². The standard InChI is InChI=1S/C11H22ClN/c1-3-10(4-2)8-13-11(9-12)6-5-7-11/h10,13H,3-9H2,1-2H3. The Morgan fingerprint density at radius 1 is 1.31 bits per heavy atom. The van der Waals surface area contributed by atoms with Gasteiger partial charge in [-0.15, -0.1) is 11.6 Å². The van der Waals surface area contributed by atoms with Crippen LogP contribution in [0.5, 0.6) is 0 Å². The first kappa shape index (κ1) is 11.3. The quantitative estimate of drug-likeness (QED) is 0.654. The van der Waals surface area contributed by atoms with E-state index >= 15 is 0 Å². The number of halogens is 1. The first-order chi connectivity index (χ1) is 6.26. The molecule has 0 spiro atoms. The third kappa shape index (κ3) is 2.85. The van der Waals surface area contributed by atoms with Crippen LogP contribution in [-0.2, 0) is 0 Å². The van der Waals surface area contributed by atoms with Crippen molar-refractivity contribution in [1.29, 1.82) is 0 Å². The second-order valence-electron chi connectivity index (χ2n) is 4.33. The normalized spacial score (nSPS) is 20.3. The maximum Gasteiger partial charge on any atom is 0.0406 e. The number of alkyl halides is 1. The summed E-state index contributed by atoms with van der Waals surface area (Å²) in [6, 6.07) is 0. The van der Waals surface area contributed by atoms with Crippen LogP contribution in [0.15, 0.2) is 0 Å². The number of nitrogens with one attached hydrogen (secondary N) is 1. The van der Waals surface area contributed by atoms with Crippen molar-refractivity contribution < 1.29 is 0 Å². The van der Waals surface area contributed by atoms with Gasteiger partial charge in [-0.25, -0.2) is 0 Å². The molecule has 1 nitrogen and oxygen atoms in total. The van der Waals surface area contributed by atoms with Crippen LogP contribution in [-0.4, -0.2) is 18.0 Å². The largest absolute Gasteiger partial charge is 0.310 e. The van der Waals surface area contributed by atoms with Gasteiger partial charge < -0.3 is 5.32 Å². The molecule has 0 aromatic carbocycles. The first-order valence-corrected chi connectivity index (χ1v) is 6.10. The van der Waals surface area contributed by atoms with Gasteiger partial charge in [-0.3, -0.25) is 0 Å². The van der Waals surface area contributed by atoms with Gasteiger partial charge in [0, 0.05) is 11.4 Å². The zero-order valence-corrected chi connectivity index (χ0v) is 9.66. The zero-order chi connectivity index (χ0) is 9.73. The molecule has 2 heteroatoms. The average Bonchev–Trinajstić information content (AvgIpc) is 2.10. The van der Waals surface area contributed by atoms with E-state index in [1.165, 1.54) is 32.1 Å². The monoisotopic (exact) mass is 203 g/mol. The predicted molar refractivity (Wildman–Crippen MR) is 59.4 cm³/mol. The highest BCUT2D eigenvalue weighted by Gasteiger charge is 2.35. The Morgan fingerprint density at radius 3 is 2.23 bits per heavy atom. The van der Waals surface area contributed by atoms with Crippen molar-refractivity contribution in [3.63, 3.8) is 0 Å². The van der Waals surface area contributed by atoms with Gasteiger partial charge in [-0.2, -0.15) is 0 Å². The van der Waals surface area contributed by atoms with E-state index in [2.05, 4.69) is 19.2 Å². The zero-order valence-electron chi connectivity index (χ0n) is 8.91. The van der Waals surface area contributed by atoms with Crippen molar-refractivity contribution >= 4 is 11.6 Å². The Kier molecular flexibility index (Phi) is 4.54. The second-order valence-corrected chi connectivity index (χ2v) is 4.60. The molecule has 1 rings (SSSR count). The summed E-state index contributed by atoms with van der Waals surface area (Å²) in [6.07, 6.45) is 6.46. The van der Waals surface area contributed by atoms with Gasteiger partial charge in [-0.1, -0.05) is 26.7 Å². The minimum Gasteiger partial charge on any atom is -0.310 e. The fourth-order valence-electron chi connectivity index (χ4n) is 1.90. The second kappa shape index (κ2) is 5.21. The summed E-state index contributed by atoms with van der Waals surface area (Å²) >= 11 is 5.97. The number of rotatable bonds is 6. The molecule has 0 aromatic rings. The summed E-state index contributed by atoms with van der Waals surface area (Å²) in [5, 5.41) is 3.65. The van der Waals surface area contributed by atoms with E-state index in [0.29, 0.717) is 5.54 Å². The lowest BCUT2D eigenvalue weighted by Gasteiger charge is -2.42. The highest BCUT2D eigenvalue weighted by atomic mass is 35.5. The molecular weight excluding hydrogens is 182 g/mol. The average molecular weight is 204 g/mol. The van der Waals surface area contributed by atoms with Crippen LogP contribution in [0.25, 0.3) is 0 Å². The third-order valence-corrected chi connectivity index (χ3v) is 4.00. The Hall–Kier alpha value is 0.250. The lowest BCUT2D eigenvalue weighted by molar-refractivity contribution is 0.199. The summed E-state index contributed by atoms with van der Waals surface area (Å²) in [4.78, 5) is 0. The first-order valence-electron chi connectivity index (χ1n) is 5.57. The smallest absolute Gasteiger partial charge is 0.0406 e. The molecule has 1 aliphatic carbocycles. The molecule has 0 atom stereocenters. The van der Waals surface area contributed by atoms with Gasteiger partial charge in [0.2, 0.25) is 0 Å². The fourth-order valence-corrected chi connectivity index (χ4v) is 2.26. The molecule has 0 aromatic heterocycles. The Bertz CT molecular complexity index is 134. The fraction of sp³-hybridized carbons (Fsp3) is 1.00. The van der Waals surface area contributed by atoms with Crippen LogP contribution in [0, 0.1) is 5.92 Å². The van der Waals surface area contributed by atoms with E-state index < -0.39 is 0 Å². The van der Waals surface area contributed by atoms with Crippen LogP contribution in [0.2, 0.25) is 0 Å². The van der Waals surface area contributed by atoms with Crippen molar-refractivity contribution in [1.82, 2.24) is 5.32 Å². The Labute approximate surface area is 87.2 Å². The number of hydrogen-bond acceptors (Lipinski definition) is 1. The van der Waals surface area contributed by atoms with Gasteiger partial charge in [-0.05, 0) is 31.7 Å². The maximum atomic E-state index is 5.97. The molecule has 0 radical (unpaired) electrons. The van der Waals surface area contributed by atoms with E-state index in [9.17, 15) is 0 Å². The van der Waals surface area contributed by atoms with Crippen LogP contribution in [0.4, 0.5) is 0 Å². The topological polar surface area (TPSA) is 12.0 Å².